The van der Waals surface area contributed by atoms with Crippen molar-refractivity contribution in [2.45, 2.75) is 26.3 Å². The molecule has 5 heteroatoms. The highest BCUT2D eigenvalue weighted by atomic mass is 19.1. The van der Waals surface area contributed by atoms with Gasteiger partial charge in [-0.2, -0.15) is 0 Å². The minimum Gasteiger partial charge on any atom is -0.338 e. The molecule has 138 valence electrons. The molecule has 0 aliphatic rings. The lowest BCUT2D eigenvalue weighted by Gasteiger charge is -2.24. The monoisotopic (exact) mass is 356 g/mol. The number of ketones is 1. The van der Waals surface area contributed by atoms with Crippen molar-refractivity contribution in [1.82, 2.24) is 4.90 Å². The minimum atomic E-state index is -0.513. The van der Waals surface area contributed by atoms with Crippen LogP contribution in [0.5, 0.6) is 0 Å². The smallest absolute Gasteiger partial charge is 0.223 e. The SMILES string of the molecule is CC(CC(=O)N(CCCN)Cc1ccccc1)C(=O)c1cccc(F)c1. The summed E-state index contributed by atoms with van der Waals surface area (Å²) in [6, 6.07) is 15.3. The second-order valence-corrected chi connectivity index (χ2v) is 6.42. The number of nitrogens with two attached hydrogens (primary N) is 1. The molecular formula is C21H25FN2O2. The van der Waals surface area contributed by atoms with Gasteiger partial charge in [-0.25, -0.2) is 4.39 Å². The van der Waals surface area contributed by atoms with E-state index in [0.717, 1.165) is 5.56 Å². The summed E-state index contributed by atoms with van der Waals surface area (Å²) in [5.74, 6) is -1.29. The van der Waals surface area contributed by atoms with Crippen LogP contribution in [0.3, 0.4) is 0 Å². The van der Waals surface area contributed by atoms with Gasteiger partial charge in [-0.3, -0.25) is 9.59 Å². The summed E-state index contributed by atoms with van der Waals surface area (Å²) in [5.41, 5.74) is 6.91. The number of carbonyl (C=O) groups excluding carboxylic acids is 2. The predicted octanol–water partition coefficient (Wildman–Crippen LogP) is 3.41. The maximum absolute atomic E-state index is 13.3. The van der Waals surface area contributed by atoms with Crippen LogP contribution in [0.2, 0.25) is 0 Å². The van der Waals surface area contributed by atoms with E-state index < -0.39 is 11.7 Å². The molecule has 0 radical (unpaired) electrons. The summed E-state index contributed by atoms with van der Waals surface area (Å²) in [4.78, 5) is 26.9. The molecule has 1 atom stereocenters. The Bertz CT molecular complexity index is 734. The lowest BCUT2D eigenvalue weighted by Crippen LogP contribution is -2.34. The molecule has 0 aromatic heterocycles. The zero-order valence-corrected chi connectivity index (χ0v) is 15.0. The Morgan fingerprint density at radius 2 is 1.85 bits per heavy atom. The van der Waals surface area contributed by atoms with Crippen molar-refractivity contribution in [3.63, 3.8) is 0 Å². The van der Waals surface area contributed by atoms with E-state index in [-0.39, 0.29) is 18.1 Å². The van der Waals surface area contributed by atoms with E-state index in [4.69, 9.17) is 5.73 Å². The molecule has 2 rings (SSSR count). The largest absolute Gasteiger partial charge is 0.338 e. The van der Waals surface area contributed by atoms with Gasteiger partial charge in [0, 0.05) is 31.0 Å². The first-order valence-electron chi connectivity index (χ1n) is 8.82. The van der Waals surface area contributed by atoms with Crippen LogP contribution < -0.4 is 5.73 Å². The Morgan fingerprint density at radius 1 is 1.12 bits per heavy atom. The number of rotatable bonds is 9. The van der Waals surface area contributed by atoms with E-state index in [1.807, 2.05) is 30.3 Å². The molecule has 1 amide bonds. The Labute approximate surface area is 153 Å². The van der Waals surface area contributed by atoms with Crippen LogP contribution in [0.25, 0.3) is 0 Å². The molecule has 2 N–H and O–H groups in total. The molecule has 4 nitrogen and oxygen atoms in total. The second kappa shape index (κ2) is 9.82. The van der Waals surface area contributed by atoms with Crippen molar-refractivity contribution in [2.24, 2.45) is 11.7 Å². The van der Waals surface area contributed by atoms with Crippen molar-refractivity contribution in [3.8, 4) is 0 Å². The topological polar surface area (TPSA) is 63.4 Å². The zero-order chi connectivity index (χ0) is 18.9. The van der Waals surface area contributed by atoms with Gasteiger partial charge in [0.25, 0.3) is 0 Å². The van der Waals surface area contributed by atoms with Gasteiger partial charge in [-0.15, -0.1) is 0 Å². The molecule has 0 heterocycles. The minimum absolute atomic E-state index is 0.0900. The van der Waals surface area contributed by atoms with Crippen LogP contribution in [0, 0.1) is 11.7 Å². The highest BCUT2D eigenvalue weighted by Crippen LogP contribution is 2.16. The molecule has 2 aromatic carbocycles. The van der Waals surface area contributed by atoms with Crippen molar-refractivity contribution in [1.29, 1.82) is 0 Å². The average molecular weight is 356 g/mol. The van der Waals surface area contributed by atoms with Gasteiger partial charge in [-0.05, 0) is 30.7 Å². The van der Waals surface area contributed by atoms with Crippen LogP contribution in [0.15, 0.2) is 54.6 Å². The molecule has 0 spiro atoms. The van der Waals surface area contributed by atoms with Gasteiger partial charge in [0.1, 0.15) is 5.82 Å². The third-order valence-electron chi connectivity index (χ3n) is 4.24. The summed E-state index contributed by atoms with van der Waals surface area (Å²) in [6.07, 6.45) is 0.789. The fourth-order valence-electron chi connectivity index (χ4n) is 2.79. The first-order valence-corrected chi connectivity index (χ1v) is 8.82. The second-order valence-electron chi connectivity index (χ2n) is 6.42. The highest BCUT2D eigenvalue weighted by molar-refractivity contribution is 5.99. The molecule has 0 aliphatic heterocycles. The van der Waals surface area contributed by atoms with Gasteiger partial charge in [-0.1, -0.05) is 49.4 Å². The molecule has 0 saturated carbocycles. The Balaban J connectivity index is 2.03. The highest BCUT2D eigenvalue weighted by Gasteiger charge is 2.22. The quantitative estimate of drug-likeness (QED) is 0.700. The van der Waals surface area contributed by atoms with Gasteiger partial charge in [0.2, 0.25) is 5.91 Å². The number of amides is 1. The van der Waals surface area contributed by atoms with Crippen LogP contribution in [-0.2, 0) is 11.3 Å². The summed E-state index contributed by atoms with van der Waals surface area (Å²) in [6.45, 7) is 3.23. The van der Waals surface area contributed by atoms with Crippen molar-refractivity contribution < 1.29 is 14.0 Å². The number of halogens is 1. The van der Waals surface area contributed by atoms with Crippen LogP contribution in [0.4, 0.5) is 4.39 Å². The summed E-state index contributed by atoms with van der Waals surface area (Å²) in [5, 5.41) is 0. The van der Waals surface area contributed by atoms with Gasteiger partial charge in [0.15, 0.2) is 5.78 Å². The van der Waals surface area contributed by atoms with Crippen LogP contribution >= 0.6 is 0 Å². The van der Waals surface area contributed by atoms with E-state index >= 15 is 0 Å². The number of nitrogens with zero attached hydrogens (tertiary/aromatic N) is 1. The van der Waals surface area contributed by atoms with Crippen molar-refractivity contribution in [2.75, 3.05) is 13.1 Å². The van der Waals surface area contributed by atoms with Crippen molar-refractivity contribution in [3.05, 3.63) is 71.5 Å². The lowest BCUT2D eigenvalue weighted by atomic mass is 9.95. The predicted molar refractivity (Wildman–Crippen MR) is 100 cm³/mol. The molecular weight excluding hydrogens is 331 g/mol. The van der Waals surface area contributed by atoms with Crippen molar-refractivity contribution >= 4 is 11.7 Å². The number of hydrogen-bond donors (Lipinski definition) is 1. The van der Waals surface area contributed by atoms with E-state index in [9.17, 15) is 14.0 Å². The third-order valence-corrected chi connectivity index (χ3v) is 4.24. The fourth-order valence-corrected chi connectivity index (χ4v) is 2.79. The van der Waals surface area contributed by atoms with E-state index in [1.54, 1.807) is 17.9 Å². The summed E-state index contributed by atoms with van der Waals surface area (Å²) in [7, 11) is 0. The van der Waals surface area contributed by atoms with E-state index in [1.165, 1.54) is 18.2 Å². The Morgan fingerprint density at radius 3 is 2.50 bits per heavy atom. The zero-order valence-electron chi connectivity index (χ0n) is 15.0. The fraction of sp³-hybridized carbons (Fsp3) is 0.333. The maximum Gasteiger partial charge on any atom is 0.223 e. The molecule has 26 heavy (non-hydrogen) atoms. The van der Waals surface area contributed by atoms with Crippen LogP contribution in [-0.4, -0.2) is 29.7 Å². The van der Waals surface area contributed by atoms with Gasteiger partial charge < -0.3 is 10.6 Å². The Hall–Kier alpha value is -2.53. The summed E-state index contributed by atoms with van der Waals surface area (Å²) >= 11 is 0. The summed E-state index contributed by atoms with van der Waals surface area (Å²) < 4.78 is 13.3. The molecule has 0 aliphatic carbocycles. The first-order chi connectivity index (χ1) is 12.5. The number of Topliss-reactive ketones (excluding diaryl/α,β-unsaturated/α-hetero) is 1. The lowest BCUT2D eigenvalue weighted by molar-refractivity contribution is -0.132. The van der Waals surface area contributed by atoms with E-state index in [2.05, 4.69) is 0 Å². The van der Waals surface area contributed by atoms with E-state index in [0.29, 0.717) is 31.6 Å². The molecule has 2 aromatic rings. The normalized spacial score (nSPS) is 11.8. The van der Waals surface area contributed by atoms with Gasteiger partial charge in [0.05, 0.1) is 0 Å². The van der Waals surface area contributed by atoms with Crippen LogP contribution in [0.1, 0.15) is 35.7 Å². The number of carbonyl (C=O) groups is 2. The molecule has 0 bridgehead atoms. The number of benzene rings is 2. The average Bonchev–Trinajstić information content (AvgIpc) is 2.65. The Kier molecular flexibility index (Phi) is 7.48. The number of hydrogen-bond acceptors (Lipinski definition) is 3. The third kappa shape index (κ3) is 5.77. The first kappa shape index (κ1) is 19.8. The molecule has 0 saturated heterocycles. The maximum atomic E-state index is 13.3. The van der Waals surface area contributed by atoms with Gasteiger partial charge >= 0.3 is 0 Å². The molecule has 0 fully saturated rings. The molecule has 1 unspecified atom stereocenters. The standard InChI is InChI=1S/C21H25FN2O2/c1-16(21(26)18-9-5-10-19(22)14-18)13-20(25)24(12-6-11-23)15-17-7-3-2-4-8-17/h2-5,7-10,14,16H,6,11-13,15,23H2,1H3.